The highest BCUT2D eigenvalue weighted by Crippen LogP contribution is 2.10. The second-order valence-corrected chi connectivity index (χ2v) is 6.75. The number of benzene rings is 1. The average molecular weight is 296 g/mol. The third kappa shape index (κ3) is 5.29. The molecule has 0 saturated heterocycles. The minimum atomic E-state index is -3.43. The van der Waals surface area contributed by atoms with Crippen molar-refractivity contribution in [1.29, 1.82) is 5.26 Å². The van der Waals surface area contributed by atoms with Gasteiger partial charge in [0.05, 0.1) is 24.0 Å². The monoisotopic (exact) mass is 296 g/mol. The smallest absolute Gasteiger partial charge is 0.216 e. The lowest BCUT2D eigenvalue weighted by Crippen LogP contribution is -2.42. The number of rotatable bonds is 7. The maximum Gasteiger partial charge on any atom is 0.216 e. The molecule has 0 fully saturated rings. The first-order valence-electron chi connectivity index (χ1n) is 6.36. The van der Waals surface area contributed by atoms with Crippen LogP contribution in [0.3, 0.4) is 0 Å². The molecule has 0 saturated carbocycles. The van der Waals surface area contributed by atoms with Crippen molar-refractivity contribution in [2.45, 2.75) is 25.6 Å². The van der Waals surface area contributed by atoms with Crippen molar-refractivity contribution in [2.75, 3.05) is 13.7 Å². The highest BCUT2D eigenvalue weighted by atomic mass is 32.2. The standard InChI is InChI=1S/C14H20N2O3S/c1-11(2)14(9-19-3)16-20(17,18)10-13-6-4-12(8-15)5-7-13/h4-7,11,14,16H,9-10H2,1-3H3. The van der Waals surface area contributed by atoms with Gasteiger partial charge in [-0.25, -0.2) is 13.1 Å². The number of hydrogen-bond acceptors (Lipinski definition) is 4. The number of nitrogens with zero attached hydrogens (tertiary/aromatic N) is 1. The van der Waals surface area contributed by atoms with Crippen LogP contribution in [0.25, 0.3) is 0 Å². The van der Waals surface area contributed by atoms with Gasteiger partial charge in [0.25, 0.3) is 0 Å². The minimum absolute atomic E-state index is 0.106. The van der Waals surface area contributed by atoms with E-state index in [9.17, 15) is 8.42 Å². The molecule has 6 heteroatoms. The maximum atomic E-state index is 12.1. The van der Waals surface area contributed by atoms with Crippen LogP contribution in [0.4, 0.5) is 0 Å². The van der Waals surface area contributed by atoms with Crippen LogP contribution < -0.4 is 4.72 Å². The molecule has 0 aliphatic carbocycles. The zero-order valence-electron chi connectivity index (χ0n) is 12.0. The molecule has 110 valence electrons. The van der Waals surface area contributed by atoms with E-state index in [1.165, 1.54) is 0 Å². The lowest BCUT2D eigenvalue weighted by atomic mass is 10.1. The summed E-state index contributed by atoms with van der Waals surface area (Å²) in [5.41, 5.74) is 1.16. The molecule has 0 spiro atoms. The fraction of sp³-hybridized carbons (Fsp3) is 0.500. The van der Waals surface area contributed by atoms with E-state index >= 15 is 0 Å². The molecular weight excluding hydrogens is 276 g/mol. The van der Waals surface area contributed by atoms with Gasteiger partial charge in [0.2, 0.25) is 10.0 Å². The van der Waals surface area contributed by atoms with Crippen LogP contribution in [0, 0.1) is 17.2 Å². The van der Waals surface area contributed by atoms with Gasteiger partial charge in [0.15, 0.2) is 0 Å². The molecule has 0 amide bonds. The lowest BCUT2D eigenvalue weighted by Gasteiger charge is -2.21. The quantitative estimate of drug-likeness (QED) is 0.829. The van der Waals surface area contributed by atoms with Crippen LogP contribution in [0.2, 0.25) is 0 Å². The molecule has 1 aromatic carbocycles. The first-order chi connectivity index (χ1) is 9.38. The Morgan fingerprint density at radius 3 is 2.35 bits per heavy atom. The van der Waals surface area contributed by atoms with Crippen LogP contribution in [-0.4, -0.2) is 28.2 Å². The van der Waals surface area contributed by atoms with Gasteiger partial charge in [-0.15, -0.1) is 0 Å². The molecule has 0 bridgehead atoms. The highest BCUT2D eigenvalue weighted by molar-refractivity contribution is 7.88. The summed E-state index contributed by atoms with van der Waals surface area (Å²) in [5, 5.41) is 8.71. The van der Waals surface area contributed by atoms with Gasteiger partial charge >= 0.3 is 0 Å². The summed E-state index contributed by atoms with van der Waals surface area (Å²) in [6.07, 6.45) is 0. The zero-order valence-corrected chi connectivity index (χ0v) is 12.8. The first-order valence-corrected chi connectivity index (χ1v) is 8.01. The second-order valence-electron chi connectivity index (χ2n) is 4.99. The molecule has 0 radical (unpaired) electrons. The molecule has 1 N–H and O–H groups in total. The van der Waals surface area contributed by atoms with Crippen LogP contribution in [0.1, 0.15) is 25.0 Å². The normalized spacial score (nSPS) is 13.2. The number of methoxy groups -OCH3 is 1. The Labute approximate surface area is 120 Å². The fourth-order valence-corrected chi connectivity index (χ4v) is 3.23. The maximum absolute atomic E-state index is 12.1. The molecule has 0 aliphatic rings. The topological polar surface area (TPSA) is 79.2 Å². The van der Waals surface area contributed by atoms with Gasteiger partial charge in [0, 0.05) is 13.2 Å². The van der Waals surface area contributed by atoms with E-state index in [1.807, 2.05) is 19.9 Å². The number of nitriles is 1. The Kier molecular flexibility index (Phi) is 6.14. The summed E-state index contributed by atoms with van der Waals surface area (Å²) in [4.78, 5) is 0. The molecule has 1 rings (SSSR count). The van der Waals surface area contributed by atoms with Crippen molar-refractivity contribution in [3.05, 3.63) is 35.4 Å². The van der Waals surface area contributed by atoms with E-state index in [-0.39, 0.29) is 17.7 Å². The van der Waals surface area contributed by atoms with Gasteiger partial charge in [-0.3, -0.25) is 0 Å². The molecule has 1 unspecified atom stereocenters. The molecule has 5 nitrogen and oxygen atoms in total. The Morgan fingerprint density at radius 1 is 1.30 bits per heavy atom. The van der Waals surface area contributed by atoms with E-state index in [0.717, 1.165) is 0 Å². The summed E-state index contributed by atoms with van der Waals surface area (Å²) in [6.45, 7) is 4.21. The Balaban J connectivity index is 2.75. The molecular formula is C14H20N2O3S. The van der Waals surface area contributed by atoms with Gasteiger partial charge in [0.1, 0.15) is 0 Å². The largest absolute Gasteiger partial charge is 0.383 e. The first kappa shape index (κ1) is 16.6. The zero-order chi connectivity index (χ0) is 15.2. The number of nitrogens with one attached hydrogen (secondary N) is 1. The van der Waals surface area contributed by atoms with Crippen molar-refractivity contribution in [1.82, 2.24) is 4.72 Å². The number of sulfonamides is 1. The van der Waals surface area contributed by atoms with E-state index < -0.39 is 10.0 Å². The van der Waals surface area contributed by atoms with E-state index in [4.69, 9.17) is 10.00 Å². The summed E-state index contributed by atoms with van der Waals surface area (Å²) < 4.78 is 31.9. The second kappa shape index (κ2) is 7.39. The van der Waals surface area contributed by atoms with Crippen molar-refractivity contribution in [3.8, 4) is 6.07 Å². The molecule has 0 heterocycles. The van der Waals surface area contributed by atoms with Gasteiger partial charge in [-0.1, -0.05) is 26.0 Å². The summed E-state index contributed by atoms with van der Waals surface area (Å²) in [7, 11) is -1.89. The van der Waals surface area contributed by atoms with Crippen LogP contribution in [0.15, 0.2) is 24.3 Å². The third-order valence-electron chi connectivity index (χ3n) is 2.92. The highest BCUT2D eigenvalue weighted by Gasteiger charge is 2.21. The van der Waals surface area contributed by atoms with Gasteiger partial charge < -0.3 is 4.74 Å². The summed E-state index contributed by atoms with van der Waals surface area (Å²) >= 11 is 0. The summed E-state index contributed by atoms with van der Waals surface area (Å²) in [5.74, 6) is 0.0386. The predicted octanol–water partition coefficient (Wildman–Crippen LogP) is 1.65. The minimum Gasteiger partial charge on any atom is -0.383 e. The molecule has 1 atom stereocenters. The van der Waals surface area contributed by atoms with E-state index in [2.05, 4.69) is 4.72 Å². The van der Waals surface area contributed by atoms with Gasteiger partial charge in [-0.05, 0) is 23.6 Å². The molecule has 1 aromatic rings. The molecule has 0 aliphatic heterocycles. The fourth-order valence-electron chi connectivity index (χ4n) is 1.71. The van der Waals surface area contributed by atoms with Crippen LogP contribution in [-0.2, 0) is 20.5 Å². The SMILES string of the molecule is COCC(NS(=O)(=O)Cc1ccc(C#N)cc1)C(C)C. The molecule has 0 aromatic heterocycles. The Morgan fingerprint density at radius 2 is 1.90 bits per heavy atom. The van der Waals surface area contributed by atoms with Crippen molar-refractivity contribution < 1.29 is 13.2 Å². The Hall–Kier alpha value is -1.42. The van der Waals surface area contributed by atoms with E-state index in [0.29, 0.717) is 17.7 Å². The van der Waals surface area contributed by atoms with Crippen LogP contribution in [0.5, 0.6) is 0 Å². The van der Waals surface area contributed by atoms with Crippen molar-refractivity contribution in [3.63, 3.8) is 0 Å². The third-order valence-corrected chi connectivity index (χ3v) is 4.30. The lowest BCUT2D eigenvalue weighted by molar-refractivity contribution is 0.157. The van der Waals surface area contributed by atoms with Crippen LogP contribution >= 0.6 is 0 Å². The van der Waals surface area contributed by atoms with Gasteiger partial charge in [-0.2, -0.15) is 5.26 Å². The van der Waals surface area contributed by atoms with Crippen molar-refractivity contribution >= 4 is 10.0 Å². The molecule has 20 heavy (non-hydrogen) atoms. The van der Waals surface area contributed by atoms with Crippen molar-refractivity contribution in [2.24, 2.45) is 5.92 Å². The average Bonchev–Trinajstić information content (AvgIpc) is 2.38. The van der Waals surface area contributed by atoms with E-state index in [1.54, 1.807) is 31.4 Å². The Bertz CT molecular complexity index is 559. The predicted molar refractivity (Wildman–Crippen MR) is 77.4 cm³/mol. The summed E-state index contributed by atoms with van der Waals surface area (Å²) in [6, 6.07) is 8.28. The number of hydrogen-bond donors (Lipinski definition) is 1. The number of ether oxygens (including phenoxy) is 1.